The monoisotopic (exact) mass is 360 g/mol. The highest BCUT2D eigenvalue weighted by Gasteiger charge is 2.21. The summed E-state index contributed by atoms with van der Waals surface area (Å²) in [5.41, 5.74) is 0.457. The number of benzene rings is 1. The summed E-state index contributed by atoms with van der Waals surface area (Å²) in [7, 11) is -4.91. The third-order valence-electron chi connectivity index (χ3n) is 4.23. The number of sulfone groups is 2. The van der Waals surface area contributed by atoms with Crippen LogP contribution >= 0.6 is 0 Å². The number of nitrogens with zero attached hydrogens (tertiary/aromatic N) is 1. The van der Waals surface area contributed by atoms with Crippen molar-refractivity contribution in [1.29, 1.82) is 0 Å². The van der Waals surface area contributed by atoms with Gasteiger partial charge in [-0.1, -0.05) is 6.42 Å². The van der Waals surface area contributed by atoms with E-state index in [0.717, 1.165) is 25.5 Å². The summed E-state index contributed by atoms with van der Waals surface area (Å²) in [6, 6.07) is 4.56. The van der Waals surface area contributed by atoms with E-state index in [1.807, 2.05) is 0 Å². The minimum absolute atomic E-state index is 0.0123. The van der Waals surface area contributed by atoms with Gasteiger partial charge >= 0.3 is 0 Å². The molecule has 8 heteroatoms. The number of hydrogen-bond acceptors (Lipinski definition) is 6. The summed E-state index contributed by atoms with van der Waals surface area (Å²) in [5.74, 6) is 0. The van der Waals surface area contributed by atoms with Gasteiger partial charge < -0.3 is 10.2 Å². The normalized spacial score (nSPS) is 20.4. The highest BCUT2D eigenvalue weighted by molar-refractivity contribution is 7.91. The number of anilines is 1. The number of hydrogen-bond donors (Lipinski definition) is 1. The lowest BCUT2D eigenvalue weighted by molar-refractivity contribution is 0.194. The lowest BCUT2D eigenvalue weighted by Crippen LogP contribution is -2.40. The van der Waals surface area contributed by atoms with Crippen molar-refractivity contribution < 1.29 is 16.8 Å². The standard InChI is InChI=1S/C15H24N2O4S2/c1-17-9-5-4-6-12(17)11-16-14-8-7-13(22(2,18)19)10-15(14)23(3,20)21/h7-8,10,12,16H,4-6,9,11H2,1-3H3. The van der Waals surface area contributed by atoms with Crippen LogP contribution in [0.1, 0.15) is 19.3 Å². The minimum Gasteiger partial charge on any atom is -0.382 e. The second-order valence-electron chi connectivity index (χ2n) is 6.21. The fourth-order valence-electron chi connectivity index (χ4n) is 2.82. The van der Waals surface area contributed by atoms with E-state index in [2.05, 4.69) is 17.3 Å². The minimum atomic E-state index is -3.52. The average molecular weight is 361 g/mol. The Morgan fingerprint density at radius 3 is 2.39 bits per heavy atom. The quantitative estimate of drug-likeness (QED) is 0.854. The molecule has 23 heavy (non-hydrogen) atoms. The van der Waals surface area contributed by atoms with Crippen LogP contribution in [0.2, 0.25) is 0 Å². The van der Waals surface area contributed by atoms with E-state index in [1.165, 1.54) is 31.0 Å². The van der Waals surface area contributed by atoms with Crippen LogP contribution in [0.5, 0.6) is 0 Å². The van der Waals surface area contributed by atoms with E-state index >= 15 is 0 Å². The second-order valence-corrected chi connectivity index (χ2v) is 10.2. The Hall–Kier alpha value is -1.12. The van der Waals surface area contributed by atoms with Gasteiger partial charge in [-0.25, -0.2) is 16.8 Å². The molecule has 1 aromatic carbocycles. The van der Waals surface area contributed by atoms with Gasteiger partial charge in [0.15, 0.2) is 19.7 Å². The molecule has 1 atom stereocenters. The molecular weight excluding hydrogens is 336 g/mol. The summed E-state index contributed by atoms with van der Waals surface area (Å²) in [4.78, 5) is 2.30. The van der Waals surface area contributed by atoms with Gasteiger partial charge in [0.05, 0.1) is 15.5 Å². The van der Waals surface area contributed by atoms with Gasteiger partial charge in [-0.2, -0.15) is 0 Å². The molecule has 2 rings (SSSR count). The Kier molecular flexibility index (Phi) is 5.37. The Morgan fingerprint density at radius 2 is 1.83 bits per heavy atom. The van der Waals surface area contributed by atoms with Gasteiger partial charge in [0.25, 0.3) is 0 Å². The van der Waals surface area contributed by atoms with E-state index in [9.17, 15) is 16.8 Å². The molecule has 1 N–H and O–H groups in total. The van der Waals surface area contributed by atoms with Crippen LogP contribution in [0.4, 0.5) is 5.69 Å². The van der Waals surface area contributed by atoms with Crippen molar-refractivity contribution in [3.63, 3.8) is 0 Å². The molecule has 0 radical (unpaired) electrons. The fraction of sp³-hybridized carbons (Fsp3) is 0.600. The zero-order chi connectivity index (χ0) is 17.3. The van der Waals surface area contributed by atoms with E-state index in [1.54, 1.807) is 0 Å². The Labute approximate surface area is 138 Å². The molecule has 1 aliphatic rings. The lowest BCUT2D eigenvalue weighted by Gasteiger charge is -2.33. The summed E-state index contributed by atoms with van der Waals surface area (Å²) >= 11 is 0. The maximum Gasteiger partial charge on any atom is 0.177 e. The van der Waals surface area contributed by atoms with Gasteiger partial charge in [0, 0.05) is 25.1 Å². The molecular formula is C15H24N2O4S2. The van der Waals surface area contributed by atoms with Crippen LogP contribution in [0.3, 0.4) is 0 Å². The Balaban J connectivity index is 2.27. The van der Waals surface area contributed by atoms with Gasteiger partial charge in [0.1, 0.15) is 0 Å². The molecule has 0 aliphatic carbocycles. The first-order chi connectivity index (χ1) is 10.6. The third kappa shape index (κ3) is 4.68. The summed E-state index contributed by atoms with van der Waals surface area (Å²) in [6.45, 7) is 1.68. The van der Waals surface area contributed by atoms with E-state index in [4.69, 9.17) is 0 Å². The highest BCUT2D eigenvalue weighted by atomic mass is 32.2. The van der Waals surface area contributed by atoms with Crippen molar-refractivity contribution in [2.24, 2.45) is 0 Å². The van der Waals surface area contributed by atoms with Crippen molar-refractivity contribution >= 4 is 25.4 Å². The number of piperidine rings is 1. The summed E-state index contributed by atoms with van der Waals surface area (Å²) in [6.07, 6.45) is 5.58. The van der Waals surface area contributed by atoms with E-state index < -0.39 is 19.7 Å². The SMILES string of the molecule is CN1CCCCC1CNc1ccc(S(C)(=O)=O)cc1S(C)(=O)=O. The lowest BCUT2D eigenvalue weighted by atomic mass is 10.0. The summed E-state index contributed by atoms with van der Waals surface area (Å²) in [5, 5.41) is 3.18. The zero-order valence-corrected chi connectivity index (χ0v) is 15.4. The van der Waals surface area contributed by atoms with Crippen LogP contribution in [-0.4, -0.2) is 60.4 Å². The first kappa shape index (κ1) is 18.2. The van der Waals surface area contributed by atoms with E-state index in [0.29, 0.717) is 18.3 Å². The number of rotatable bonds is 5. The molecule has 1 heterocycles. The molecule has 1 aromatic rings. The Bertz CT molecular complexity index is 773. The van der Waals surface area contributed by atoms with Gasteiger partial charge in [-0.05, 0) is 44.6 Å². The molecule has 1 fully saturated rings. The second kappa shape index (κ2) is 6.78. The number of nitrogens with one attached hydrogen (secondary N) is 1. The van der Waals surface area contributed by atoms with Crippen LogP contribution < -0.4 is 5.32 Å². The molecule has 0 saturated carbocycles. The number of likely N-dealkylation sites (tertiary alicyclic amines) is 1. The molecule has 0 spiro atoms. The van der Waals surface area contributed by atoms with Gasteiger partial charge in [-0.15, -0.1) is 0 Å². The molecule has 1 saturated heterocycles. The molecule has 130 valence electrons. The molecule has 0 aromatic heterocycles. The van der Waals surface area contributed by atoms with E-state index in [-0.39, 0.29) is 9.79 Å². The largest absolute Gasteiger partial charge is 0.382 e. The van der Waals surface area contributed by atoms with Crippen molar-refractivity contribution in [3.05, 3.63) is 18.2 Å². The average Bonchev–Trinajstić information content (AvgIpc) is 2.44. The maximum atomic E-state index is 12.0. The van der Waals surface area contributed by atoms with Gasteiger partial charge in [-0.3, -0.25) is 0 Å². The third-order valence-corrected chi connectivity index (χ3v) is 6.48. The van der Waals surface area contributed by atoms with Crippen molar-refractivity contribution in [1.82, 2.24) is 4.90 Å². The van der Waals surface area contributed by atoms with Gasteiger partial charge in [0.2, 0.25) is 0 Å². The van der Waals surface area contributed by atoms with Crippen LogP contribution in [-0.2, 0) is 19.7 Å². The molecule has 1 unspecified atom stereocenters. The smallest absolute Gasteiger partial charge is 0.177 e. The first-order valence-electron chi connectivity index (χ1n) is 7.57. The van der Waals surface area contributed by atoms with Crippen LogP contribution in [0, 0.1) is 0 Å². The predicted molar refractivity (Wildman–Crippen MR) is 91.4 cm³/mol. The Morgan fingerprint density at radius 1 is 1.13 bits per heavy atom. The molecule has 1 aliphatic heterocycles. The van der Waals surface area contributed by atoms with Crippen molar-refractivity contribution in [2.45, 2.75) is 35.1 Å². The predicted octanol–water partition coefficient (Wildman–Crippen LogP) is 1.39. The molecule has 0 bridgehead atoms. The fourth-order valence-corrected chi connectivity index (χ4v) is 4.42. The molecule has 0 amide bonds. The van der Waals surface area contributed by atoms with Crippen LogP contribution in [0.25, 0.3) is 0 Å². The topological polar surface area (TPSA) is 83.6 Å². The van der Waals surface area contributed by atoms with Crippen molar-refractivity contribution in [3.8, 4) is 0 Å². The maximum absolute atomic E-state index is 12.0. The molecule has 6 nitrogen and oxygen atoms in total. The highest BCUT2D eigenvalue weighted by Crippen LogP contribution is 2.26. The number of likely N-dealkylation sites (N-methyl/N-ethyl adjacent to an activating group) is 1. The summed E-state index contributed by atoms with van der Waals surface area (Å²) < 4.78 is 47.3. The first-order valence-corrected chi connectivity index (χ1v) is 11.4. The van der Waals surface area contributed by atoms with Crippen LogP contribution in [0.15, 0.2) is 28.0 Å². The zero-order valence-electron chi connectivity index (χ0n) is 13.7. The van der Waals surface area contributed by atoms with Crippen molar-refractivity contribution in [2.75, 3.05) is 38.0 Å².